The van der Waals surface area contributed by atoms with E-state index in [9.17, 15) is 4.79 Å². The molecular formula is C13H24N2O. The van der Waals surface area contributed by atoms with Crippen LogP contribution in [0.15, 0.2) is 0 Å². The van der Waals surface area contributed by atoms with Gasteiger partial charge >= 0.3 is 0 Å². The maximum absolute atomic E-state index is 12.2. The second-order valence-electron chi connectivity index (χ2n) is 7.12. The van der Waals surface area contributed by atoms with Gasteiger partial charge in [-0.05, 0) is 22.7 Å². The van der Waals surface area contributed by atoms with Gasteiger partial charge in [0, 0.05) is 13.1 Å². The average molecular weight is 224 g/mol. The fourth-order valence-electron chi connectivity index (χ4n) is 2.88. The number of hydrogen-bond donors (Lipinski definition) is 1. The Morgan fingerprint density at radius 3 is 2.12 bits per heavy atom. The van der Waals surface area contributed by atoms with Crippen molar-refractivity contribution in [2.75, 3.05) is 13.1 Å². The Labute approximate surface area is 98.4 Å². The van der Waals surface area contributed by atoms with Crippen molar-refractivity contribution in [3.8, 4) is 0 Å². The van der Waals surface area contributed by atoms with Crippen molar-refractivity contribution in [1.82, 2.24) is 4.90 Å². The summed E-state index contributed by atoms with van der Waals surface area (Å²) in [7, 11) is 0. The van der Waals surface area contributed by atoms with E-state index in [0.717, 1.165) is 13.1 Å². The first kappa shape index (κ1) is 11.9. The fraction of sp³-hybridized carbons (Fsp3) is 0.923. The van der Waals surface area contributed by atoms with E-state index in [2.05, 4.69) is 13.8 Å². The summed E-state index contributed by atoms with van der Waals surface area (Å²) in [6, 6.07) is -0.367. The average Bonchev–Trinajstić information content (AvgIpc) is 2.57. The van der Waals surface area contributed by atoms with Gasteiger partial charge in [0.25, 0.3) is 0 Å². The molecule has 1 aliphatic heterocycles. The molecule has 3 atom stereocenters. The maximum Gasteiger partial charge on any atom is 0.240 e. The fourth-order valence-corrected chi connectivity index (χ4v) is 2.88. The van der Waals surface area contributed by atoms with Gasteiger partial charge < -0.3 is 10.6 Å². The lowest BCUT2D eigenvalue weighted by Gasteiger charge is -2.31. The molecule has 1 saturated heterocycles. The number of rotatable bonds is 1. The van der Waals surface area contributed by atoms with Crippen molar-refractivity contribution in [1.29, 1.82) is 0 Å². The minimum atomic E-state index is -0.367. The van der Waals surface area contributed by atoms with Crippen molar-refractivity contribution in [2.24, 2.45) is 28.4 Å². The Balaban J connectivity index is 1.95. The molecule has 2 N–H and O–H groups in total. The van der Waals surface area contributed by atoms with E-state index in [1.807, 2.05) is 25.7 Å². The molecule has 0 spiro atoms. The molecule has 0 bridgehead atoms. The third-order valence-corrected chi connectivity index (χ3v) is 4.63. The highest BCUT2D eigenvalue weighted by atomic mass is 16.2. The van der Waals surface area contributed by atoms with E-state index in [-0.39, 0.29) is 17.4 Å². The summed E-state index contributed by atoms with van der Waals surface area (Å²) in [5.74, 6) is 1.56. The molecule has 0 radical (unpaired) electrons. The number of carbonyl (C=O) groups excluding carboxylic acids is 1. The summed E-state index contributed by atoms with van der Waals surface area (Å²) in [6.45, 7) is 12.5. The predicted octanol–water partition coefficient (Wildman–Crippen LogP) is 1.47. The van der Waals surface area contributed by atoms with Crippen molar-refractivity contribution < 1.29 is 4.79 Å². The van der Waals surface area contributed by atoms with Gasteiger partial charge in [-0.2, -0.15) is 0 Å². The standard InChI is InChI=1S/C13H24N2O/c1-12(2,3)10(14)11(16)15-6-8-9(7-15)13(8,4)5/h8-10H,6-7,14H2,1-5H3/t8-,9+,10?. The third kappa shape index (κ3) is 1.65. The molecule has 0 aromatic rings. The zero-order chi connectivity index (χ0) is 12.3. The molecule has 1 unspecified atom stereocenters. The number of fused-ring (bicyclic) bond motifs is 1. The van der Waals surface area contributed by atoms with Crippen molar-refractivity contribution in [3.63, 3.8) is 0 Å². The molecule has 3 heteroatoms. The zero-order valence-electron chi connectivity index (χ0n) is 11.1. The van der Waals surface area contributed by atoms with E-state index in [1.54, 1.807) is 0 Å². The highest BCUT2D eigenvalue weighted by Gasteiger charge is 2.62. The number of likely N-dealkylation sites (tertiary alicyclic amines) is 1. The normalized spacial score (nSPS) is 33.5. The van der Waals surface area contributed by atoms with Crippen LogP contribution in [-0.2, 0) is 4.79 Å². The van der Waals surface area contributed by atoms with Crippen LogP contribution in [-0.4, -0.2) is 29.9 Å². The van der Waals surface area contributed by atoms with Crippen LogP contribution in [0.4, 0.5) is 0 Å². The number of hydrogen-bond acceptors (Lipinski definition) is 2. The number of piperidine rings is 1. The molecule has 1 heterocycles. The van der Waals surface area contributed by atoms with E-state index in [0.29, 0.717) is 17.3 Å². The monoisotopic (exact) mass is 224 g/mol. The summed E-state index contributed by atoms with van der Waals surface area (Å²) >= 11 is 0. The minimum Gasteiger partial charge on any atom is -0.341 e. The SMILES string of the molecule is CC(C)(C)C(N)C(=O)N1C[C@@H]2[C@H](C1)C2(C)C. The van der Waals surface area contributed by atoms with Crippen LogP contribution in [0.5, 0.6) is 0 Å². The second kappa shape index (κ2) is 3.22. The molecule has 3 nitrogen and oxygen atoms in total. The second-order valence-corrected chi connectivity index (χ2v) is 7.12. The number of nitrogens with two attached hydrogens (primary N) is 1. The van der Waals surface area contributed by atoms with Crippen LogP contribution in [0.2, 0.25) is 0 Å². The van der Waals surface area contributed by atoms with E-state index in [4.69, 9.17) is 5.73 Å². The summed E-state index contributed by atoms with van der Waals surface area (Å²) in [5, 5.41) is 0. The lowest BCUT2D eigenvalue weighted by molar-refractivity contribution is -0.134. The summed E-state index contributed by atoms with van der Waals surface area (Å²) in [4.78, 5) is 14.1. The molecule has 1 saturated carbocycles. The van der Waals surface area contributed by atoms with Crippen LogP contribution in [0.3, 0.4) is 0 Å². The van der Waals surface area contributed by atoms with Crippen molar-refractivity contribution >= 4 is 5.91 Å². The van der Waals surface area contributed by atoms with Crippen molar-refractivity contribution in [3.05, 3.63) is 0 Å². The van der Waals surface area contributed by atoms with E-state index < -0.39 is 0 Å². The summed E-state index contributed by atoms with van der Waals surface area (Å²) in [5.41, 5.74) is 6.33. The Bertz CT molecular complexity index is 302. The van der Waals surface area contributed by atoms with Gasteiger partial charge in [0.2, 0.25) is 5.91 Å². The molecule has 1 aliphatic carbocycles. The van der Waals surface area contributed by atoms with Crippen LogP contribution in [0, 0.1) is 22.7 Å². The largest absolute Gasteiger partial charge is 0.341 e. The van der Waals surface area contributed by atoms with Gasteiger partial charge in [0.15, 0.2) is 0 Å². The van der Waals surface area contributed by atoms with E-state index >= 15 is 0 Å². The van der Waals surface area contributed by atoms with Crippen molar-refractivity contribution in [2.45, 2.75) is 40.7 Å². The first-order chi connectivity index (χ1) is 7.15. The Kier molecular flexibility index (Phi) is 2.40. The van der Waals surface area contributed by atoms with Gasteiger partial charge in [-0.25, -0.2) is 0 Å². The third-order valence-electron chi connectivity index (χ3n) is 4.63. The summed E-state index contributed by atoms with van der Waals surface area (Å²) < 4.78 is 0. The van der Waals surface area contributed by atoms with Gasteiger partial charge in [-0.3, -0.25) is 4.79 Å². The number of carbonyl (C=O) groups is 1. The van der Waals surface area contributed by atoms with Gasteiger partial charge in [-0.15, -0.1) is 0 Å². The van der Waals surface area contributed by atoms with Gasteiger partial charge in [-0.1, -0.05) is 34.6 Å². The maximum atomic E-state index is 12.2. The summed E-state index contributed by atoms with van der Waals surface area (Å²) in [6.07, 6.45) is 0. The van der Waals surface area contributed by atoms with E-state index in [1.165, 1.54) is 0 Å². The molecule has 0 aromatic carbocycles. The Morgan fingerprint density at radius 1 is 1.31 bits per heavy atom. The highest BCUT2D eigenvalue weighted by Crippen LogP contribution is 2.62. The Morgan fingerprint density at radius 2 is 1.75 bits per heavy atom. The van der Waals surface area contributed by atoms with Crippen LogP contribution < -0.4 is 5.73 Å². The molecule has 92 valence electrons. The molecule has 2 fully saturated rings. The van der Waals surface area contributed by atoms with Crippen LogP contribution in [0.1, 0.15) is 34.6 Å². The molecule has 1 amide bonds. The van der Waals surface area contributed by atoms with Gasteiger partial charge in [0.1, 0.15) is 0 Å². The zero-order valence-corrected chi connectivity index (χ0v) is 11.1. The lowest BCUT2D eigenvalue weighted by Crippen LogP contribution is -2.50. The first-order valence-corrected chi connectivity index (χ1v) is 6.20. The quantitative estimate of drug-likeness (QED) is 0.733. The molecule has 2 aliphatic rings. The molecular weight excluding hydrogens is 200 g/mol. The topological polar surface area (TPSA) is 46.3 Å². The number of nitrogens with zero attached hydrogens (tertiary/aromatic N) is 1. The van der Waals surface area contributed by atoms with Gasteiger partial charge in [0.05, 0.1) is 6.04 Å². The molecule has 0 aromatic heterocycles. The van der Waals surface area contributed by atoms with Crippen LogP contribution >= 0.6 is 0 Å². The van der Waals surface area contributed by atoms with Crippen LogP contribution in [0.25, 0.3) is 0 Å². The number of amides is 1. The predicted molar refractivity (Wildman–Crippen MR) is 64.8 cm³/mol. The highest BCUT2D eigenvalue weighted by molar-refractivity contribution is 5.83. The Hall–Kier alpha value is -0.570. The molecule has 16 heavy (non-hydrogen) atoms. The minimum absolute atomic E-state index is 0.135. The smallest absolute Gasteiger partial charge is 0.240 e. The molecule has 2 rings (SSSR count). The lowest BCUT2D eigenvalue weighted by atomic mass is 9.86. The first-order valence-electron chi connectivity index (χ1n) is 6.20.